The van der Waals surface area contributed by atoms with Crippen molar-refractivity contribution in [2.24, 2.45) is 5.14 Å². The van der Waals surface area contributed by atoms with E-state index in [-0.39, 0.29) is 11.5 Å². The van der Waals surface area contributed by atoms with Crippen LogP contribution < -0.4 is 9.88 Å². The van der Waals surface area contributed by atoms with Crippen molar-refractivity contribution in [1.82, 2.24) is 4.98 Å². The van der Waals surface area contributed by atoms with Crippen LogP contribution in [-0.2, 0) is 16.6 Å². The van der Waals surface area contributed by atoms with Gasteiger partial charge in [-0.1, -0.05) is 43.7 Å². The van der Waals surface area contributed by atoms with E-state index in [2.05, 4.69) is 11.9 Å². The summed E-state index contributed by atoms with van der Waals surface area (Å²) in [6.45, 7) is 2.15. The third-order valence-corrected chi connectivity index (χ3v) is 6.52. The minimum atomic E-state index is -3.97. The number of sulfonamides is 1. The van der Waals surface area contributed by atoms with Gasteiger partial charge in [-0.15, -0.1) is 11.8 Å². The summed E-state index contributed by atoms with van der Waals surface area (Å²) in [5, 5.41) is 15.6. The van der Waals surface area contributed by atoms with Crippen LogP contribution >= 0.6 is 11.8 Å². The van der Waals surface area contributed by atoms with E-state index in [9.17, 15) is 13.5 Å². The van der Waals surface area contributed by atoms with Gasteiger partial charge in [-0.2, -0.15) is 0 Å². The number of thioether (sulfide) groups is 1. The van der Waals surface area contributed by atoms with Crippen molar-refractivity contribution in [1.29, 1.82) is 0 Å². The molecule has 164 valence electrons. The Kier molecular flexibility index (Phi) is 7.72. The molecule has 6 nitrogen and oxygen atoms in total. The van der Waals surface area contributed by atoms with Crippen LogP contribution in [0.1, 0.15) is 25.3 Å². The Balaban J connectivity index is 2.28. The van der Waals surface area contributed by atoms with Gasteiger partial charge in [-0.3, -0.25) is 0 Å². The van der Waals surface area contributed by atoms with Crippen LogP contribution in [0, 0.1) is 0 Å². The van der Waals surface area contributed by atoms with E-state index in [0.717, 1.165) is 23.3 Å². The highest BCUT2D eigenvalue weighted by atomic mass is 32.2. The van der Waals surface area contributed by atoms with Gasteiger partial charge in [0.15, 0.2) is 0 Å². The lowest BCUT2D eigenvalue weighted by atomic mass is 9.98. The SMILES string of the molecule is CCCCOc1nc(-c2cccc(SC)c2)cc(-c2ccccc2S(N)(=O)=O)c1CO. The molecule has 3 rings (SSSR count). The number of hydrogen-bond acceptors (Lipinski definition) is 6. The smallest absolute Gasteiger partial charge is 0.238 e. The van der Waals surface area contributed by atoms with E-state index in [4.69, 9.17) is 9.88 Å². The highest BCUT2D eigenvalue weighted by Crippen LogP contribution is 2.37. The molecule has 0 bridgehead atoms. The van der Waals surface area contributed by atoms with Crippen molar-refractivity contribution in [3.05, 3.63) is 60.2 Å². The van der Waals surface area contributed by atoms with Gasteiger partial charge >= 0.3 is 0 Å². The molecule has 0 amide bonds. The molecule has 0 aliphatic carbocycles. The van der Waals surface area contributed by atoms with Gasteiger partial charge in [0, 0.05) is 21.6 Å². The summed E-state index contributed by atoms with van der Waals surface area (Å²) >= 11 is 1.62. The first-order valence-electron chi connectivity index (χ1n) is 9.93. The number of nitrogens with two attached hydrogens (primary N) is 1. The topological polar surface area (TPSA) is 103 Å². The fourth-order valence-corrected chi connectivity index (χ4v) is 4.45. The normalized spacial score (nSPS) is 11.5. The van der Waals surface area contributed by atoms with E-state index in [1.54, 1.807) is 36.0 Å². The van der Waals surface area contributed by atoms with Crippen molar-refractivity contribution in [3.63, 3.8) is 0 Å². The third kappa shape index (κ3) is 5.46. The molecular weight excluding hydrogens is 432 g/mol. The Hall–Kier alpha value is -2.39. The number of nitrogens with zero attached hydrogens (tertiary/aromatic N) is 1. The number of benzene rings is 2. The number of aliphatic hydroxyl groups excluding tert-OH is 1. The van der Waals surface area contributed by atoms with Gasteiger partial charge in [-0.25, -0.2) is 18.5 Å². The van der Waals surface area contributed by atoms with Crippen LogP contribution in [-0.4, -0.2) is 31.4 Å². The van der Waals surface area contributed by atoms with E-state index < -0.39 is 10.0 Å². The van der Waals surface area contributed by atoms with E-state index in [1.165, 1.54) is 6.07 Å². The fourth-order valence-electron chi connectivity index (χ4n) is 3.24. The Bertz CT molecular complexity index is 1160. The molecule has 31 heavy (non-hydrogen) atoms. The average Bonchev–Trinajstić information content (AvgIpc) is 2.78. The number of ether oxygens (including phenoxy) is 1. The quantitative estimate of drug-likeness (QED) is 0.363. The lowest BCUT2D eigenvalue weighted by Crippen LogP contribution is -2.14. The standard InChI is InChI=1S/C23H26N2O4S2/c1-3-4-12-29-23-20(15-26)19(18-10-5-6-11-22(18)31(24,27)28)14-21(25-23)16-8-7-9-17(13-16)30-2/h5-11,13-14,26H,3-4,12,15H2,1-2H3,(H2,24,27,28). The van der Waals surface area contributed by atoms with Crippen molar-refractivity contribution >= 4 is 21.8 Å². The monoisotopic (exact) mass is 458 g/mol. The number of rotatable bonds is 9. The molecule has 1 aromatic heterocycles. The molecule has 0 aliphatic rings. The Morgan fingerprint density at radius 2 is 1.87 bits per heavy atom. The van der Waals surface area contributed by atoms with Crippen LogP contribution in [0.2, 0.25) is 0 Å². The first kappa shape index (κ1) is 23.3. The molecule has 0 fully saturated rings. The van der Waals surface area contributed by atoms with E-state index in [0.29, 0.717) is 34.9 Å². The predicted octanol–water partition coefficient (Wildman–Crippen LogP) is 4.46. The van der Waals surface area contributed by atoms with Crippen LogP contribution in [0.5, 0.6) is 5.88 Å². The number of aromatic nitrogens is 1. The highest BCUT2D eigenvalue weighted by molar-refractivity contribution is 7.98. The minimum Gasteiger partial charge on any atom is -0.477 e. The summed E-state index contributed by atoms with van der Waals surface area (Å²) in [6, 6.07) is 16.2. The van der Waals surface area contributed by atoms with E-state index >= 15 is 0 Å². The number of unbranched alkanes of at least 4 members (excludes halogenated alkanes) is 1. The van der Waals surface area contributed by atoms with Gasteiger partial charge in [0.05, 0.1) is 23.8 Å². The summed E-state index contributed by atoms with van der Waals surface area (Å²) in [6.07, 6.45) is 3.78. The van der Waals surface area contributed by atoms with Crippen LogP contribution in [0.3, 0.4) is 0 Å². The molecule has 0 saturated carbocycles. The molecule has 0 radical (unpaired) electrons. The second-order valence-corrected chi connectivity index (χ2v) is 9.38. The van der Waals surface area contributed by atoms with Crippen molar-refractivity contribution in [3.8, 4) is 28.3 Å². The summed E-state index contributed by atoms with van der Waals surface area (Å²) in [5.74, 6) is 0.294. The first-order chi connectivity index (χ1) is 14.9. The Labute approximate surface area is 187 Å². The minimum absolute atomic E-state index is 0.0146. The number of primary sulfonamides is 1. The largest absolute Gasteiger partial charge is 0.477 e. The molecular formula is C23H26N2O4S2. The molecule has 3 aromatic rings. The number of hydrogen-bond donors (Lipinski definition) is 2. The highest BCUT2D eigenvalue weighted by Gasteiger charge is 2.21. The lowest BCUT2D eigenvalue weighted by Gasteiger charge is -2.17. The molecule has 0 unspecified atom stereocenters. The molecule has 2 aromatic carbocycles. The van der Waals surface area contributed by atoms with Gasteiger partial charge in [0.2, 0.25) is 15.9 Å². The molecule has 0 aliphatic heterocycles. The van der Waals surface area contributed by atoms with Gasteiger partial charge in [-0.05, 0) is 42.5 Å². The zero-order chi connectivity index (χ0) is 22.4. The zero-order valence-electron chi connectivity index (χ0n) is 17.5. The van der Waals surface area contributed by atoms with Gasteiger partial charge in [0.1, 0.15) is 0 Å². The maximum atomic E-state index is 12.2. The molecule has 8 heteroatoms. The Morgan fingerprint density at radius 1 is 1.10 bits per heavy atom. The summed E-state index contributed by atoms with van der Waals surface area (Å²) in [5.41, 5.74) is 2.85. The van der Waals surface area contributed by atoms with Gasteiger partial charge in [0.25, 0.3) is 0 Å². The molecule has 1 heterocycles. The van der Waals surface area contributed by atoms with Crippen LogP contribution in [0.25, 0.3) is 22.4 Å². The second-order valence-electron chi connectivity index (χ2n) is 6.97. The summed E-state index contributed by atoms with van der Waals surface area (Å²) in [4.78, 5) is 5.73. The average molecular weight is 459 g/mol. The van der Waals surface area contributed by atoms with Crippen molar-refractivity contribution in [2.75, 3.05) is 12.9 Å². The van der Waals surface area contributed by atoms with E-state index in [1.807, 2.05) is 30.5 Å². The summed E-state index contributed by atoms with van der Waals surface area (Å²) in [7, 11) is -3.97. The molecule has 0 atom stereocenters. The maximum absolute atomic E-state index is 12.2. The van der Waals surface area contributed by atoms with Crippen LogP contribution in [0.15, 0.2) is 64.4 Å². The van der Waals surface area contributed by atoms with Crippen LogP contribution in [0.4, 0.5) is 0 Å². The third-order valence-electron chi connectivity index (χ3n) is 4.83. The first-order valence-corrected chi connectivity index (χ1v) is 12.7. The maximum Gasteiger partial charge on any atom is 0.238 e. The molecule has 0 spiro atoms. The predicted molar refractivity (Wildman–Crippen MR) is 125 cm³/mol. The van der Waals surface area contributed by atoms with Crippen molar-refractivity contribution < 1.29 is 18.3 Å². The molecule has 0 saturated heterocycles. The molecule has 3 N–H and O–H groups in total. The zero-order valence-corrected chi connectivity index (χ0v) is 19.2. The van der Waals surface area contributed by atoms with Gasteiger partial charge < -0.3 is 9.84 Å². The Morgan fingerprint density at radius 3 is 2.55 bits per heavy atom. The number of aliphatic hydroxyl groups is 1. The summed E-state index contributed by atoms with van der Waals surface area (Å²) < 4.78 is 30.4. The van der Waals surface area contributed by atoms with Crippen molar-refractivity contribution in [2.45, 2.75) is 36.2 Å². The fraction of sp³-hybridized carbons (Fsp3) is 0.261. The lowest BCUT2D eigenvalue weighted by molar-refractivity contribution is 0.256. The number of pyridine rings is 1. The second kappa shape index (κ2) is 10.3.